The van der Waals surface area contributed by atoms with E-state index in [0.29, 0.717) is 0 Å². The first kappa shape index (κ1) is 39.8. The second kappa shape index (κ2) is 15.4. The van der Waals surface area contributed by atoms with Crippen molar-refractivity contribution in [3.63, 3.8) is 0 Å². The average molecular weight is 922 g/mol. The van der Waals surface area contributed by atoms with Gasteiger partial charge in [-0.25, -0.2) is 0 Å². The summed E-state index contributed by atoms with van der Waals surface area (Å²) in [5.74, 6) is 0. The lowest BCUT2D eigenvalue weighted by atomic mass is 10.1. The molecule has 0 aliphatic carbocycles. The molecule has 4 aromatic heterocycles. The Bertz CT molecular complexity index is 4480. The maximum absolute atomic E-state index is 6.40. The van der Waals surface area contributed by atoms with E-state index in [1.165, 1.54) is 80.6 Å². The molecule has 0 bridgehead atoms. The van der Waals surface area contributed by atoms with E-state index in [9.17, 15) is 0 Å². The Labute approximate surface area is 410 Å². The molecule has 4 heterocycles. The van der Waals surface area contributed by atoms with Crippen molar-refractivity contribution >= 4 is 116 Å². The van der Waals surface area contributed by atoms with E-state index < -0.39 is 8.07 Å². The molecule has 0 aliphatic rings. The molecule has 332 valence electrons. The van der Waals surface area contributed by atoms with Crippen LogP contribution in [0.4, 0.5) is 0 Å². The largest absolute Gasteiger partial charge is 0.456 e. The highest BCUT2D eigenvalue weighted by Gasteiger charge is 2.41. The van der Waals surface area contributed by atoms with E-state index in [2.05, 4.69) is 268 Å². The van der Waals surface area contributed by atoms with Crippen molar-refractivity contribution in [1.29, 1.82) is 0 Å². The summed E-state index contributed by atoms with van der Waals surface area (Å²) in [7, 11) is -2.77. The minimum Gasteiger partial charge on any atom is -0.456 e. The standard InChI is InChI=1S/C66H43N3OSi/c1-4-20-47(21-5-1)71(48-22-6-2-7-23-48,49-24-8-3-9-25-49)50-26-18-19-44(41-50)67-57-31-14-10-27-51(57)55-42-45(35-37-60(55)67)68-58-32-15-11-28-52(58)56-43-46(36-38-61(56)68)69-59-33-16-12-29-53(59)65-62(69)39-40-64-66(65)54-30-13-17-34-63(54)70-64/h1-43H. The lowest BCUT2D eigenvalue weighted by molar-refractivity contribution is 0.669. The molecule has 0 saturated heterocycles. The zero-order valence-electron chi connectivity index (χ0n) is 38.6. The highest BCUT2D eigenvalue weighted by atomic mass is 28.3. The SMILES string of the molecule is c1ccc([Si](c2ccccc2)(c2ccccc2)c2cccc(-n3c4ccccc4c4cc(-n5c6ccccc6c6cc(-n7c8ccccc8c8c9c(ccc87)oc7ccccc79)ccc65)ccc43)c2)cc1. The van der Waals surface area contributed by atoms with Gasteiger partial charge in [0.2, 0.25) is 0 Å². The Morgan fingerprint density at radius 3 is 1.21 bits per heavy atom. The van der Waals surface area contributed by atoms with E-state index in [1.807, 2.05) is 6.07 Å². The second-order valence-electron chi connectivity index (χ2n) is 18.8. The molecule has 0 amide bonds. The first-order valence-electron chi connectivity index (χ1n) is 24.4. The third kappa shape index (κ3) is 5.72. The molecule has 11 aromatic carbocycles. The van der Waals surface area contributed by atoms with Crippen LogP contribution in [0.1, 0.15) is 0 Å². The highest BCUT2D eigenvalue weighted by molar-refractivity contribution is 7.19. The third-order valence-electron chi connectivity index (χ3n) is 15.2. The van der Waals surface area contributed by atoms with Crippen LogP contribution in [-0.2, 0) is 0 Å². The molecule has 0 spiro atoms. The number of nitrogens with zero attached hydrogens (tertiary/aromatic N) is 3. The number of hydrogen-bond acceptors (Lipinski definition) is 1. The smallest absolute Gasteiger partial charge is 0.179 e. The van der Waals surface area contributed by atoms with E-state index in [0.717, 1.165) is 44.5 Å². The van der Waals surface area contributed by atoms with Crippen molar-refractivity contribution in [2.24, 2.45) is 0 Å². The topological polar surface area (TPSA) is 27.9 Å². The zero-order valence-corrected chi connectivity index (χ0v) is 39.6. The van der Waals surface area contributed by atoms with Gasteiger partial charge in [0, 0.05) is 60.2 Å². The summed E-state index contributed by atoms with van der Waals surface area (Å²) in [6.45, 7) is 0. The molecular formula is C66H43N3OSi. The first-order chi connectivity index (χ1) is 35.2. The van der Waals surface area contributed by atoms with Gasteiger partial charge >= 0.3 is 0 Å². The number of hydrogen-bond donors (Lipinski definition) is 0. The van der Waals surface area contributed by atoms with Gasteiger partial charge in [-0.3, -0.25) is 0 Å². The second-order valence-corrected chi connectivity index (χ2v) is 22.6. The molecule has 0 unspecified atom stereocenters. The molecule has 0 saturated carbocycles. The van der Waals surface area contributed by atoms with Gasteiger partial charge in [0.05, 0.1) is 33.1 Å². The Balaban J connectivity index is 0.918. The van der Waals surface area contributed by atoms with Crippen LogP contribution in [0, 0.1) is 0 Å². The summed E-state index contributed by atoms with van der Waals surface area (Å²) in [6, 6.07) is 96.3. The predicted molar refractivity (Wildman–Crippen MR) is 300 cm³/mol. The third-order valence-corrected chi connectivity index (χ3v) is 19.9. The molecule has 0 aliphatic heterocycles. The number of rotatable bonds is 7. The minimum atomic E-state index is -2.77. The van der Waals surface area contributed by atoms with E-state index in [1.54, 1.807) is 0 Å². The highest BCUT2D eigenvalue weighted by Crippen LogP contribution is 2.43. The van der Waals surface area contributed by atoms with Gasteiger partial charge in [-0.05, 0) is 106 Å². The first-order valence-corrected chi connectivity index (χ1v) is 26.4. The molecule has 0 fully saturated rings. The zero-order chi connectivity index (χ0) is 46.6. The van der Waals surface area contributed by atoms with Gasteiger partial charge in [-0.1, -0.05) is 176 Å². The fourth-order valence-corrected chi connectivity index (χ4v) is 17.0. The maximum Gasteiger partial charge on any atom is 0.179 e. The van der Waals surface area contributed by atoms with Crippen LogP contribution >= 0.6 is 0 Å². The molecule has 0 atom stereocenters. The van der Waals surface area contributed by atoms with Crippen molar-refractivity contribution in [3.8, 4) is 17.1 Å². The van der Waals surface area contributed by atoms with E-state index in [-0.39, 0.29) is 0 Å². The van der Waals surface area contributed by atoms with Crippen molar-refractivity contribution in [3.05, 3.63) is 261 Å². The normalized spacial score (nSPS) is 12.2. The Hall–Kier alpha value is -9.16. The van der Waals surface area contributed by atoms with E-state index in [4.69, 9.17) is 4.42 Å². The molecular weight excluding hydrogens is 879 g/mol. The van der Waals surface area contributed by atoms with Crippen molar-refractivity contribution in [1.82, 2.24) is 13.7 Å². The number of fused-ring (bicyclic) bond motifs is 13. The summed E-state index contributed by atoms with van der Waals surface area (Å²) in [4.78, 5) is 0. The van der Waals surface area contributed by atoms with Crippen LogP contribution in [0.15, 0.2) is 265 Å². The molecule has 5 heteroatoms. The van der Waals surface area contributed by atoms with Gasteiger partial charge in [0.25, 0.3) is 0 Å². The number of para-hydroxylation sites is 4. The average Bonchev–Trinajstić information content (AvgIpc) is 4.18. The summed E-state index contributed by atoms with van der Waals surface area (Å²) in [5.41, 5.74) is 12.2. The van der Waals surface area contributed by atoms with Crippen LogP contribution in [0.5, 0.6) is 0 Å². The molecule has 4 nitrogen and oxygen atoms in total. The molecule has 0 N–H and O–H groups in total. The van der Waals surface area contributed by atoms with Gasteiger partial charge in [-0.15, -0.1) is 0 Å². The number of aromatic nitrogens is 3. The summed E-state index contributed by atoms with van der Waals surface area (Å²) >= 11 is 0. The number of furan rings is 1. The van der Waals surface area contributed by atoms with Crippen LogP contribution in [0.2, 0.25) is 0 Å². The number of benzene rings is 11. The van der Waals surface area contributed by atoms with Crippen molar-refractivity contribution in [2.45, 2.75) is 0 Å². The lowest BCUT2D eigenvalue weighted by Crippen LogP contribution is -2.74. The van der Waals surface area contributed by atoms with Crippen LogP contribution in [0.3, 0.4) is 0 Å². The quantitative estimate of drug-likeness (QED) is 0.116. The Morgan fingerprint density at radius 1 is 0.239 bits per heavy atom. The van der Waals surface area contributed by atoms with Gasteiger partial charge in [-0.2, -0.15) is 0 Å². The molecule has 15 aromatic rings. The van der Waals surface area contributed by atoms with Crippen LogP contribution < -0.4 is 20.7 Å². The lowest BCUT2D eigenvalue weighted by Gasteiger charge is -2.34. The summed E-state index contributed by atoms with van der Waals surface area (Å²) in [6.07, 6.45) is 0. The van der Waals surface area contributed by atoms with Crippen LogP contribution in [0.25, 0.3) is 104 Å². The van der Waals surface area contributed by atoms with Crippen LogP contribution in [-0.4, -0.2) is 21.8 Å². The maximum atomic E-state index is 6.40. The summed E-state index contributed by atoms with van der Waals surface area (Å²) < 4.78 is 13.8. The molecule has 71 heavy (non-hydrogen) atoms. The van der Waals surface area contributed by atoms with Gasteiger partial charge in [0.15, 0.2) is 8.07 Å². The summed E-state index contributed by atoms with van der Waals surface area (Å²) in [5, 5.41) is 15.0. The predicted octanol–water partition coefficient (Wildman–Crippen LogP) is 14.3. The fraction of sp³-hybridized carbons (Fsp3) is 0. The van der Waals surface area contributed by atoms with Crippen molar-refractivity contribution in [2.75, 3.05) is 0 Å². The fourth-order valence-electron chi connectivity index (χ4n) is 12.3. The Morgan fingerprint density at radius 2 is 0.648 bits per heavy atom. The molecule has 15 rings (SSSR count). The van der Waals surface area contributed by atoms with Crippen molar-refractivity contribution < 1.29 is 4.42 Å². The molecule has 0 radical (unpaired) electrons. The Kier molecular flexibility index (Phi) is 8.64. The monoisotopic (exact) mass is 921 g/mol. The minimum absolute atomic E-state index is 0.909. The van der Waals surface area contributed by atoms with Gasteiger partial charge < -0.3 is 18.1 Å². The van der Waals surface area contributed by atoms with Gasteiger partial charge in [0.1, 0.15) is 11.2 Å². The van der Waals surface area contributed by atoms with E-state index >= 15 is 0 Å².